The second-order valence-electron chi connectivity index (χ2n) is 5.47. The van der Waals surface area contributed by atoms with Crippen LogP contribution < -0.4 is 5.32 Å². The van der Waals surface area contributed by atoms with Gasteiger partial charge < -0.3 is 10.2 Å². The number of carbonyl (C=O) groups excluding carboxylic acids is 1. The summed E-state index contributed by atoms with van der Waals surface area (Å²) >= 11 is 0. The molecule has 0 aromatic heterocycles. The first kappa shape index (κ1) is 12.7. The Labute approximate surface area is 98.3 Å². The summed E-state index contributed by atoms with van der Waals surface area (Å²) in [5.41, 5.74) is -2.10. The molecular formula is C11H17F3N2O. The van der Waals surface area contributed by atoms with Gasteiger partial charge in [-0.1, -0.05) is 0 Å². The average molecular weight is 250 g/mol. The van der Waals surface area contributed by atoms with E-state index in [-0.39, 0.29) is 23.7 Å². The van der Waals surface area contributed by atoms with Crippen molar-refractivity contribution in [1.82, 2.24) is 10.2 Å². The Bertz CT molecular complexity index is 330. The summed E-state index contributed by atoms with van der Waals surface area (Å²) in [7, 11) is 1.25. The molecule has 3 nitrogen and oxygen atoms in total. The minimum atomic E-state index is -4.40. The first-order valence-electron chi connectivity index (χ1n) is 5.73. The third-order valence-electron chi connectivity index (χ3n) is 4.24. The van der Waals surface area contributed by atoms with Gasteiger partial charge in [0.15, 0.2) is 0 Å². The number of hydrogen-bond donors (Lipinski definition) is 1. The number of nitrogens with zero attached hydrogens (tertiary/aromatic N) is 1. The number of alkyl halides is 3. The maximum Gasteiger partial charge on any atom is 0.411 e. The largest absolute Gasteiger partial charge is 0.411 e. The van der Waals surface area contributed by atoms with Gasteiger partial charge in [0.25, 0.3) is 0 Å². The van der Waals surface area contributed by atoms with E-state index in [9.17, 15) is 18.0 Å². The average Bonchev–Trinajstić information content (AvgIpc) is 2.67. The summed E-state index contributed by atoms with van der Waals surface area (Å²) in [6, 6.07) is 0. The summed E-state index contributed by atoms with van der Waals surface area (Å²) in [6.45, 7) is 3.59. The normalized spacial score (nSPS) is 32.2. The van der Waals surface area contributed by atoms with Crippen molar-refractivity contribution in [2.24, 2.45) is 17.8 Å². The Hall–Kier alpha value is -0.780. The Morgan fingerprint density at radius 3 is 2.12 bits per heavy atom. The van der Waals surface area contributed by atoms with Crippen molar-refractivity contribution >= 4 is 5.91 Å². The van der Waals surface area contributed by atoms with Gasteiger partial charge in [-0.05, 0) is 38.8 Å². The van der Waals surface area contributed by atoms with E-state index in [4.69, 9.17) is 0 Å². The number of rotatable bonds is 2. The van der Waals surface area contributed by atoms with E-state index in [0.717, 1.165) is 31.8 Å². The molecule has 6 heteroatoms. The third-order valence-corrected chi connectivity index (χ3v) is 4.24. The van der Waals surface area contributed by atoms with Crippen LogP contribution in [0.15, 0.2) is 0 Å². The molecule has 1 N–H and O–H groups in total. The highest BCUT2D eigenvalue weighted by molar-refractivity contribution is 5.83. The van der Waals surface area contributed by atoms with Crippen LogP contribution in [-0.4, -0.2) is 42.7 Å². The molecule has 1 saturated carbocycles. The highest BCUT2D eigenvalue weighted by atomic mass is 19.4. The van der Waals surface area contributed by atoms with Crippen LogP contribution >= 0.6 is 0 Å². The summed E-state index contributed by atoms with van der Waals surface area (Å²) in [5.74, 6) is -0.0883. The van der Waals surface area contributed by atoms with E-state index in [1.807, 2.05) is 0 Å². The monoisotopic (exact) mass is 250 g/mol. The smallest absolute Gasteiger partial charge is 0.331 e. The molecule has 1 saturated heterocycles. The molecule has 17 heavy (non-hydrogen) atoms. The molecule has 2 unspecified atom stereocenters. The van der Waals surface area contributed by atoms with Crippen LogP contribution in [0.4, 0.5) is 13.2 Å². The van der Waals surface area contributed by atoms with Gasteiger partial charge in [-0.15, -0.1) is 0 Å². The van der Waals surface area contributed by atoms with Crippen molar-refractivity contribution in [2.75, 3.05) is 20.1 Å². The molecule has 1 aliphatic carbocycles. The third kappa shape index (κ3) is 1.82. The topological polar surface area (TPSA) is 32.3 Å². The van der Waals surface area contributed by atoms with Crippen LogP contribution in [0, 0.1) is 17.8 Å². The molecular weight excluding hydrogens is 233 g/mol. The van der Waals surface area contributed by atoms with E-state index in [1.54, 1.807) is 0 Å². The molecule has 1 heterocycles. The molecule has 2 atom stereocenters. The molecule has 2 aliphatic rings. The van der Waals surface area contributed by atoms with E-state index < -0.39 is 11.7 Å². The lowest BCUT2D eigenvalue weighted by atomic mass is 10.0. The van der Waals surface area contributed by atoms with Crippen LogP contribution in [-0.2, 0) is 4.79 Å². The predicted molar refractivity (Wildman–Crippen MR) is 56.2 cm³/mol. The Balaban J connectivity index is 2.06. The number of halogens is 3. The highest BCUT2D eigenvalue weighted by Gasteiger charge is 2.61. The fourth-order valence-corrected chi connectivity index (χ4v) is 2.47. The molecule has 0 radical (unpaired) electrons. The van der Waals surface area contributed by atoms with Crippen LogP contribution in [0.25, 0.3) is 0 Å². The first-order chi connectivity index (χ1) is 7.68. The summed E-state index contributed by atoms with van der Waals surface area (Å²) in [6.07, 6.45) is -4.40. The molecule has 0 aromatic carbocycles. The van der Waals surface area contributed by atoms with Crippen molar-refractivity contribution in [3.8, 4) is 0 Å². The molecule has 1 aliphatic heterocycles. The molecule has 0 aromatic rings. The predicted octanol–water partition coefficient (Wildman–Crippen LogP) is 1.25. The fourth-order valence-electron chi connectivity index (χ4n) is 2.47. The van der Waals surface area contributed by atoms with Crippen molar-refractivity contribution in [1.29, 1.82) is 0 Å². The van der Waals surface area contributed by atoms with Gasteiger partial charge in [0.05, 0.1) is 0 Å². The van der Waals surface area contributed by atoms with Crippen LogP contribution in [0.5, 0.6) is 0 Å². The second kappa shape index (κ2) is 3.60. The van der Waals surface area contributed by atoms with Crippen LogP contribution in [0.2, 0.25) is 0 Å². The lowest BCUT2D eigenvalue weighted by Crippen LogP contribution is -2.55. The maximum atomic E-state index is 12.8. The molecule has 2 fully saturated rings. The molecule has 1 amide bonds. The van der Waals surface area contributed by atoms with Crippen molar-refractivity contribution in [3.05, 3.63) is 0 Å². The summed E-state index contributed by atoms with van der Waals surface area (Å²) in [5, 5.41) is 3.12. The zero-order chi connectivity index (χ0) is 13.0. The highest BCUT2D eigenvalue weighted by Crippen LogP contribution is 2.50. The number of carbonyl (C=O) groups is 1. The summed E-state index contributed by atoms with van der Waals surface area (Å²) < 4.78 is 38.4. The minimum absolute atomic E-state index is 0.206. The zero-order valence-corrected chi connectivity index (χ0v) is 10.1. The number of hydrogen-bond acceptors (Lipinski definition) is 2. The maximum absolute atomic E-state index is 12.8. The first-order valence-corrected chi connectivity index (χ1v) is 5.73. The standard InChI is InChI=1S/C11H17F3N2O/c1-10(2,11(12,13)14)16(3)9(17)8-6-4-15-5-7(6)8/h6-8,15H,4-5H2,1-3H3. The fraction of sp³-hybridized carbons (Fsp3) is 0.909. The van der Waals surface area contributed by atoms with E-state index in [1.165, 1.54) is 7.05 Å². The zero-order valence-electron chi connectivity index (χ0n) is 10.1. The van der Waals surface area contributed by atoms with E-state index in [0.29, 0.717) is 0 Å². The van der Waals surface area contributed by atoms with Gasteiger partial charge in [-0.2, -0.15) is 13.2 Å². The molecule has 98 valence electrons. The van der Waals surface area contributed by atoms with Gasteiger partial charge in [0, 0.05) is 13.0 Å². The number of amides is 1. The van der Waals surface area contributed by atoms with Gasteiger partial charge >= 0.3 is 6.18 Å². The van der Waals surface area contributed by atoms with Crippen molar-refractivity contribution < 1.29 is 18.0 Å². The van der Waals surface area contributed by atoms with Crippen LogP contribution in [0.1, 0.15) is 13.8 Å². The lowest BCUT2D eigenvalue weighted by Gasteiger charge is -2.37. The molecule has 0 bridgehead atoms. The Morgan fingerprint density at radius 2 is 1.71 bits per heavy atom. The molecule has 2 rings (SSSR count). The van der Waals surface area contributed by atoms with Crippen LogP contribution in [0.3, 0.4) is 0 Å². The minimum Gasteiger partial charge on any atom is -0.331 e. The summed E-state index contributed by atoms with van der Waals surface area (Å²) in [4.78, 5) is 12.9. The second-order valence-corrected chi connectivity index (χ2v) is 5.47. The quantitative estimate of drug-likeness (QED) is 0.800. The van der Waals surface area contributed by atoms with Crippen molar-refractivity contribution in [3.63, 3.8) is 0 Å². The van der Waals surface area contributed by atoms with Gasteiger partial charge in [0.1, 0.15) is 5.54 Å². The lowest BCUT2D eigenvalue weighted by molar-refractivity contribution is -0.218. The SMILES string of the molecule is CN(C(=O)C1C2CNCC21)C(C)(C)C(F)(F)F. The van der Waals surface area contributed by atoms with E-state index in [2.05, 4.69) is 5.32 Å². The van der Waals surface area contributed by atoms with Gasteiger partial charge in [0.2, 0.25) is 5.91 Å². The van der Waals surface area contributed by atoms with Gasteiger partial charge in [-0.3, -0.25) is 4.79 Å². The number of nitrogens with one attached hydrogen (secondary N) is 1. The molecule has 0 spiro atoms. The number of fused-ring (bicyclic) bond motifs is 1. The van der Waals surface area contributed by atoms with Crippen molar-refractivity contribution in [2.45, 2.75) is 25.6 Å². The van der Waals surface area contributed by atoms with Gasteiger partial charge in [-0.25, -0.2) is 0 Å². The number of piperidine rings is 1. The Morgan fingerprint density at radius 1 is 1.24 bits per heavy atom. The van der Waals surface area contributed by atoms with E-state index >= 15 is 0 Å². The Kier molecular flexibility index (Phi) is 2.69.